The number of carbonyl (C=O) groups excluding carboxylic acids is 2. The minimum absolute atomic E-state index is 0. The number of carbonyl (C=O) groups is 2. The predicted molar refractivity (Wildman–Crippen MR) is 108 cm³/mol. The highest BCUT2D eigenvalue weighted by Crippen LogP contribution is 2.22. The van der Waals surface area contributed by atoms with Gasteiger partial charge in [-0.2, -0.15) is 0 Å². The minimum Gasteiger partial charge on any atom is -0.353 e. The van der Waals surface area contributed by atoms with Gasteiger partial charge < -0.3 is 15.5 Å². The van der Waals surface area contributed by atoms with Crippen LogP contribution in [0.25, 0.3) is 0 Å². The van der Waals surface area contributed by atoms with Gasteiger partial charge in [0.2, 0.25) is 21.8 Å². The van der Waals surface area contributed by atoms with Crippen LogP contribution in [-0.4, -0.2) is 68.1 Å². The molecular weight excluding hydrogens is 406 g/mol. The number of halogens is 1. The number of rotatable bonds is 8. The number of pyridine rings is 1. The summed E-state index contributed by atoms with van der Waals surface area (Å²) in [6.45, 7) is 5.00. The second kappa shape index (κ2) is 11.3. The highest BCUT2D eigenvalue weighted by molar-refractivity contribution is 7.89. The van der Waals surface area contributed by atoms with E-state index in [9.17, 15) is 18.0 Å². The Morgan fingerprint density at radius 1 is 1.39 bits per heavy atom. The summed E-state index contributed by atoms with van der Waals surface area (Å²) in [4.78, 5) is 30.0. The van der Waals surface area contributed by atoms with E-state index in [2.05, 4.69) is 20.3 Å². The minimum atomic E-state index is -3.71. The fourth-order valence-electron chi connectivity index (χ4n) is 2.86. The molecule has 0 saturated carbocycles. The highest BCUT2D eigenvalue weighted by atomic mass is 35.5. The zero-order chi connectivity index (χ0) is 19.9. The lowest BCUT2D eigenvalue weighted by Gasteiger charge is -2.36. The van der Waals surface area contributed by atoms with Gasteiger partial charge in [0.1, 0.15) is 0 Å². The van der Waals surface area contributed by atoms with Crippen molar-refractivity contribution in [3.05, 3.63) is 30.1 Å². The summed E-state index contributed by atoms with van der Waals surface area (Å²) < 4.78 is 26.4. The molecule has 1 unspecified atom stereocenters. The number of sulfonamides is 1. The predicted octanol–water partition coefficient (Wildman–Crippen LogP) is -0.190. The Hall–Kier alpha value is -1.75. The molecular formula is C17H28ClN5O4S. The van der Waals surface area contributed by atoms with Crippen molar-refractivity contribution in [3.63, 3.8) is 0 Å². The molecule has 1 fully saturated rings. The van der Waals surface area contributed by atoms with Crippen LogP contribution < -0.4 is 15.4 Å². The van der Waals surface area contributed by atoms with Crippen molar-refractivity contribution in [3.8, 4) is 0 Å². The Morgan fingerprint density at radius 2 is 2.14 bits per heavy atom. The molecule has 158 valence electrons. The molecule has 2 amide bonds. The Labute approximate surface area is 172 Å². The molecule has 1 atom stereocenters. The molecule has 2 rings (SSSR count). The molecule has 0 radical (unpaired) electrons. The maximum Gasteiger partial charge on any atom is 0.235 e. The quantitative estimate of drug-likeness (QED) is 0.522. The van der Waals surface area contributed by atoms with E-state index < -0.39 is 15.9 Å². The van der Waals surface area contributed by atoms with E-state index in [0.717, 1.165) is 5.56 Å². The van der Waals surface area contributed by atoms with Gasteiger partial charge in [0, 0.05) is 44.5 Å². The van der Waals surface area contributed by atoms with Crippen LogP contribution in [0.1, 0.15) is 31.9 Å². The largest absolute Gasteiger partial charge is 0.353 e. The summed E-state index contributed by atoms with van der Waals surface area (Å²) in [5.41, 5.74) is 0.907. The number of nitrogens with one attached hydrogen (secondary N) is 3. The van der Waals surface area contributed by atoms with Gasteiger partial charge in [0.15, 0.2) is 0 Å². The third-order valence-electron chi connectivity index (χ3n) is 4.12. The van der Waals surface area contributed by atoms with Gasteiger partial charge in [-0.3, -0.25) is 14.6 Å². The first-order valence-electron chi connectivity index (χ1n) is 8.95. The van der Waals surface area contributed by atoms with Crippen LogP contribution in [0.3, 0.4) is 0 Å². The summed E-state index contributed by atoms with van der Waals surface area (Å²) in [5.74, 6) is -0.995. The Bertz CT molecular complexity index is 745. The van der Waals surface area contributed by atoms with Crippen molar-refractivity contribution in [1.29, 1.82) is 0 Å². The van der Waals surface area contributed by atoms with Gasteiger partial charge in [0.25, 0.3) is 0 Å². The zero-order valence-corrected chi connectivity index (χ0v) is 17.7. The van der Waals surface area contributed by atoms with E-state index in [-0.39, 0.29) is 49.1 Å². The molecule has 0 aromatic carbocycles. The van der Waals surface area contributed by atoms with Crippen LogP contribution in [-0.2, 0) is 19.6 Å². The van der Waals surface area contributed by atoms with Gasteiger partial charge in [-0.05, 0) is 25.5 Å². The van der Waals surface area contributed by atoms with Crippen molar-refractivity contribution in [2.45, 2.75) is 32.4 Å². The fraction of sp³-hybridized carbons (Fsp3) is 0.588. The standard InChI is InChI=1S/C17H27N5O4S.ClH/c1-13(2)21-16(23)12-20-27(25,26)9-5-17(24)22-8-7-19-11-15(22)14-4-3-6-18-10-14;/h3-4,6,10,13,15,19-20H,5,7-9,11-12H2,1-2H3,(H,21,23);1H. The van der Waals surface area contributed by atoms with Gasteiger partial charge >= 0.3 is 0 Å². The van der Waals surface area contributed by atoms with E-state index in [4.69, 9.17) is 0 Å². The van der Waals surface area contributed by atoms with E-state index in [1.807, 2.05) is 12.1 Å². The van der Waals surface area contributed by atoms with Crippen LogP contribution in [0, 0.1) is 0 Å². The molecule has 2 heterocycles. The van der Waals surface area contributed by atoms with E-state index in [1.165, 1.54) is 0 Å². The molecule has 28 heavy (non-hydrogen) atoms. The Kier molecular flexibility index (Phi) is 9.80. The number of hydrogen-bond donors (Lipinski definition) is 3. The maximum absolute atomic E-state index is 12.6. The van der Waals surface area contributed by atoms with Gasteiger partial charge in [-0.1, -0.05) is 6.07 Å². The maximum atomic E-state index is 12.6. The monoisotopic (exact) mass is 433 g/mol. The normalized spacial score (nSPS) is 17.1. The first-order chi connectivity index (χ1) is 12.8. The number of piperazine rings is 1. The number of amides is 2. The van der Waals surface area contributed by atoms with Crippen molar-refractivity contribution < 1.29 is 18.0 Å². The van der Waals surface area contributed by atoms with Crippen LogP contribution in [0.5, 0.6) is 0 Å². The molecule has 9 nitrogen and oxygen atoms in total. The molecule has 0 bridgehead atoms. The second-order valence-corrected chi connectivity index (χ2v) is 8.63. The van der Waals surface area contributed by atoms with Crippen molar-refractivity contribution in [2.75, 3.05) is 31.9 Å². The van der Waals surface area contributed by atoms with Crippen LogP contribution in [0.4, 0.5) is 0 Å². The van der Waals surface area contributed by atoms with Crippen LogP contribution in [0.2, 0.25) is 0 Å². The van der Waals surface area contributed by atoms with E-state index in [0.29, 0.717) is 19.6 Å². The molecule has 1 aromatic rings. The third-order valence-corrected chi connectivity index (χ3v) is 5.45. The molecule has 3 N–H and O–H groups in total. The van der Waals surface area contributed by atoms with Gasteiger partial charge in [-0.15, -0.1) is 12.4 Å². The van der Waals surface area contributed by atoms with Crippen LogP contribution >= 0.6 is 12.4 Å². The second-order valence-electron chi connectivity index (χ2n) is 6.71. The van der Waals surface area contributed by atoms with E-state index >= 15 is 0 Å². The molecule has 1 aliphatic heterocycles. The topological polar surface area (TPSA) is 120 Å². The molecule has 11 heteroatoms. The molecule has 0 spiro atoms. The Balaban J connectivity index is 0.00000392. The first kappa shape index (κ1) is 24.3. The number of nitrogens with zero attached hydrogens (tertiary/aromatic N) is 2. The van der Waals surface area contributed by atoms with Gasteiger partial charge in [-0.25, -0.2) is 13.1 Å². The lowest BCUT2D eigenvalue weighted by Crippen LogP contribution is -2.49. The summed E-state index contributed by atoms with van der Waals surface area (Å²) in [7, 11) is -3.71. The SMILES string of the molecule is CC(C)NC(=O)CNS(=O)(=O)CCC(=O)N1CCNCC1c1cccnc1.Cl. The van der Waals surface area contributed by atoms with Gasteiger partial charge in [0.05, 0.1) is 18.3 Å². The first-order valence-corrected chi connectivity index (χ1v) is 10.6. The smallest absolute Gasteiger partial charge is 0.235 e. The summed E-state index contributed by atoms with van der Waals surface area (Å²) in [6.07, 6.45) is 3.24. The Morgan fingerprint density at radius 3 is 2.79 bits per heavy atom. The lowest BCUT2D eigenvalue weighted by molar-refractivity contribution is -0.134. The molecule has 1 aromatic heterocycles. The average molecular weight is 434 g/mol. The van der Waals surface area contributed by atoms with E-state index in [1.54, 1.807) is 31.1 Å². The fourth-order valence-corrected chi connectivity index (χ4v) is 3.80. The third kappa shape index (κ3) is 7.70. The lowest BCUT2D eigenvalue weighted by atomic mass is 10.1. The van der Waals surface area contributed by atoms with Crippen molar-refractivity contribution >= 4 is 34.2 Å². The zero-order valence-electron chi connectivity index (χ0n) is 16.1. The molecule has 1 aliphatic rings. The summed E-state index contributed by atoms with van der Waals surface area (Å²) in [6, 6.07) is 3.47. The van der Waals surface area contributed by atoms with Crippen LogP contribution in [0.15, 0.2) is 24.5 Å². The molecule has 1 saturated heterocycles. The number of aromatic nitrogens is 1. The highest BCUT2D eigenvalue weighted by Gasteiger charge is 2.28. The average Bonchev–Trinajstić information content (AvgIpc) is 2.65. The van der Waals surface area contributed by atoms with Crippen molar-refractivity contribution in [2.24, 2.45) is 0 Å². The summed E-state index contributed by atoms with van der Waals surface area (Å²) >= 11 is 0. The van der Waals surface area contributed by atoms with Crippen molar-refractivity contribution in [1.82, 2.24) is 25.2 Å². The molecule has 0 aliphatic carbocycles. The summed E-state index contributed by atoms with van der Waals surface area (Å²) in [5, 5.41) is 5.84. The number of hydrogen-bond acceptors (Lipinski definition) is 6.